The predicted molar refractivity (Wildman–Crippen MR) is 89.8 cm³/mol. The van der Waals surface area contributed by atoms with E-state index < -0.39 is 11.9 Å². The number of halogens is 1. The fourth-order valence-corrected chi connectivity index (χ4v) is 3.49. The first-order chi connectivity index (χ1) is 12.0. The largest absolute Gasteiger partial charge is 0.507 e. The van der Waals surface area contributed by atoms with E-state index in [1.165, 1.54) is 19.3 Å². The van der Waals surface area contributed by atoms with Crippen LogP contribution >= 0.6 is 0 Å². The predicted octanol–water partition coefficient (Wildman–Crippen LogP) is 3.42. The minimum atomic E-state index is -0.700. The maximum Gasteiger partial charge on any atom is 0.163 e. The van der Waals surface area contributed by atoms with Gasteiger partial charge in [0.2, 0.25) is 0 Å². The smallest absolute Gasteiger partial charge is 0.163 e. The number of hydrogen-bond acceptors (Lipinski definition) is 5. The van der Waals surface area contributed by atoms with E-state index in [2.05, 4.69) is 4.90 Å². The van der Waals surface area contributed by atoms with E-state index in [1.54, 1.807) is 12.1 Å². The highest BCUT2D eigenvalue weighted by Crippen LogP contribution is 2.32. The van der Waals surface area contributed by atoms with E-state index in [-0.39, 0.29) is 23.1 Å². The van der Waals surface area contributed by atoms with Gasteiger partial charge in [-0.05, 0) is 57.0 Å². The van der Waals surface area contributed by atoms with Crippen LogP contribution in [-0.2, 0) is 6.54 Å². The highest BCUT2D eigenvalue weighted by Gasteiger charge is 2.29. The molecule has 0 spiro atoms. The number of carbonyl (C=O) groups excluding carboxylic acids is 1. The van der Waals surface area contributed by atoms with Crippen LogP contribution in [0.4, 0.5) is 4.39 Å². The molecule has 0 aliphatic carbocycles. The third-order valence-corrected chi connectivity index (χ3v) is 4.77. The Morgan fingerprint density at radius 3 is 2.96 bits per heavy atom. The zero-order chi connectivity index (χ0) is 18.0. The molecule has 1 aliphatic rings. The van der Waals surface area contributed by atoms with Crippen LogP contribution in [0.1, 0.15) is 54.0 Å². The number of rotatable bonds is 6. The van der Waals surface area contributed by atoms with Crippen molar-refractivity contribution in [3.63, 3.8) is 0 Å². The van der Waals surface area contributed by atoms with Gasteiger partial charge in [0.05, 0.1) is 11.8 Å². The Bertz CT molecular complexity index is 744. The van der Waals surface area contributed by atoms with Crippen LogP contribution in [0, 0.1) is 5.82 Å². The molecule has 1 fully saturated rings. The molecule has 2 N–H and O–H groups in total. The molecule has 6 heteroatoms. The Hall–Kier alpha value is -2.18. The first-order valence-corrected chi connectivity index (χ1v) is 8.43. The van der Waals surface area contributed by atoms with Crippen LogP contribution < -0.4 is 0 Å². The molecule has 1 aromatic carbocycles. The number of nitrogens with zero attached hydrogens (tertiary/aromatic N) is 1. The van der Waals surface area contributed by atoms with Crippen molar-refractivity contribution in [2.75, 3.05) is 6.54 Å². The summed E-state index contributed by atoms with van der Waals surface area (Å²) in [5.74, 6) is -0.542. The Morgan fingerprint density at radius 2 is 2.28 bits per heavy atom. The summed E-state index contributed by atoms with van der Waals surface area (Å²) in [6.07, 6.45) is 3.20. The normalized spacial score (nSPS) is 19.2. The average molecular weight is 347 g/mol. The van der Waals surface area contributed by atoms with Gasteiger partial charge in [-0.2, -0.15) is 0 Å². The highest BCUT2D eigenvalue weighted by atomic mass is 19.1. The van der Waals surface area contributed by atoms with Crippen molar-refractivity contribution in [3.05, 3.63) is 53.2 Å². The maximum absolute atomic E-state index is 13.8. The van der Waals surface area contributed by atoms with Crippen LogP contribution in [-0.4, -0.2) is 33.5 Å². The van der Waals surface area contributed by atoms with Gasteiger partial charge in [-0.1, -0.05) is 0 Å². The zero-order valence-corrected chi connectivity index (χ0v) is 14.1. The highest BCUT2D eigenvalue weighted by molar-refractivity contribution is 5.97. The molecule has 2 atom stereocenters. The summed E-state index contributed by atoms with van der Waals surface area (Å²) in [5.41, 5.74) is 0.394. The molecule has 3 rings (SSSR count). The molecule has 0 saturated carbocycles. The molecule has 1 aromatic heterocycles. The third kappa shape index (κ3) is 3.91. The van der Waals surface area contributed by atoms with Crippen LogP contribution in [0.15, 0.2) is 34.9 Å². The number of aliphatic hydroxyl groups excluding tert-OH is 1. The molecule has 1 aliphatic heterocycles. The summed E-state index contributed by atoms with van der Waals surface area (Å²) in [4.78, 5) is 13.7. The summed E-state index contributed by atoms with van der Waals surface area (Å²) in [5, 5.41) is 20.6. The van der Waals surface area contributed by atoms with Gasteiger partial charge in [0, 0.05) is 18.2 Å². The van der Waals surface area contributed by atoms with E-state index >= 15 is 0 Å². The Morgan fingerprint density at radius 1 is 1.48 bits per heavy atom. The fourth-order valence-electron chi connectivity index (χ4n) is 3.49. The van der Waals surface area contributed by atoms with Gasteiger partial charge in [0.15, 0.2) is 5.78 Å². The maximum atomic E-state index is 13.8. The van der Waals surface area contributed by atoms with Crippen molar-refractivity contribution < 1.29 is 23.8 Å². The van der Waals surface area contributed by atoms with Gasteiger partial charge in [-0.3, -0.25) is 9.69 Å². The molecule has 5 nitrogen and oxygen atoms in total. The third-order valence-electron chi connectivity index (χ3n) is 4.77. The Kier molecular flexibility index (Phi) is 5.20. The van der Waals surface area contributed by atoms with E-state index in [9.17, 15) is 19.4 Å². The number of phenols is 1. The first-order valence-electron chi connectivity index (χ1n) is 8.43. The van der Waals surface area contributed by atoms with Crippen molar-refractivity contribution in [3.8, 4) is 5.75 Å². The van der Waals surface area contributed by atoms with Crippen LogP contribution in [0.2, 0.25) is 0 Å². The number of hydrogen-bond donors (Lipinski definition) is 2. The molecular formula is C19H22FNO4. The molecule has 2 aromatic rings. The second-order valence-electron chi connectivity index (χ2n) is 6.55. The lowest BCUT2D eigenvalue weighted by atomic mass is 10.0. The van der Waals surface area contributed by atoms with Gasteiger partial charge >= 0.3 is 0 Å². The minimum Gasteiger partial charge on any atom is -0.507 e. The van der Waals surface area contributed by atoms with Crippen molar-refractivity contribution in [1.29, 1.82) is 0 Å². The number of aromatic hydroxyl groups is 1. The monoisotopic (exact) mass is 347 g/mol. The van der Waals surface area contributed by atoms with Gasteiger partial charge in [-0.25, -0.2) is 4.39 Å². The van der Waals surface area contributed by atoms with E-state index in [0.717, 1.165) is 25.5 Å². The number of benzene rings is 1. The van der Waals surface area contributed by atoms with Gasteiger partial charge in [0.1, 0.15) is 23.4 Å². The molecule has 0 radical (unpaired) electrons. The summed E-state index contributed by atoms with van der Waals surface area (Å²) in [6.45, 7) is 2.43. The van der Waals surface area contributed by atoms with E-state index in [4.69, 9.17) is 4.42 Å². The second-order valence-corrected chi connectivity index (χ2v) is 6.55. The topological polar surface area (TPSA) is 73.9 Å². The summed E-state index contributed by atoms with van der Waals surface area (Å²) in [6, 6.07) is 5.90. The average Bonchev–Trinajstić information content (AvgIpc) is 3.22. The van der Waals surface area contributed by atoms with Gasteiger partial charge in [-0.15, -0.1) is 0 Å². The fraction of sp³-hybridized carbons (Fsp3) is 0.421. The quantitative estimate of drug-likeness (QED) is 0.783. The number of carbonyl (C=O) groups is 1. The molecule has 2 unspecified atom stereocenters. The molecule has 0 amide bonds. The first kappa shape index (κ1) is 17.6. The van der Waals surface area contributed by atoms with Crippen molar-refractivity contribution >= 4 is 5.78 Å². The number of Topliss-reactive ketones (excluding diaryl/α,β-unsaturated/α-hetero) is 1. The molecule has 134 valence electrons. The Labute approximate surface area is 145 Å². The van der Waals surface area contributed by atoms with Crippen molar-refractivity contribution in [2.45, 2.75) is 44.9 Å². The van der Waals surface area contributed by atoms with E-state index in [1.807, 2.05) is 0 Å². The van der Waals surface area contributed by atoms with Gasteiger partial charge < -0.3 is 14.6 Å². The second kappa shape index (κ2) is 7.37. The number of likely N-dealkylation sites (tertiary alicyclic amines) is 1. The summed E-state index contributed by atoms with van der Waals surface area (Å²) < 4.78 is 19.0. The van der Waals surface area contributed by atoms with Gasteiger partial charge in [0.25, 0.3) is 0 Å². The van der Waals surface area contributed by atoms with Crippen molar-refractivity contribution in [1.82, 2.24) is 4.90 Å². The lowest BCUT2D eigenvalue weighted by molar-refractivity contribution is 0.0990. The SMILES string of the molecule is CC(=O)c1cc(F)cc(CN2CCCC2CC(O)c2ccco2)c1O. The summed E-state index contributed by atoms with van der Waals surface area (Å²) in [7, 11) is 0. The lowest BCUT2D eigenvalue weighted by Gasteiger charge is -2.26. The zero-order valence-electron chi connectivity index (χ0n) is 14.1. The number of ketones is 1. The molecule has 0 bridgehead atoms. The van der Waals surface area contributed by atoms with Crippen LogP contribution in [0.3, 0.4) is 0 Å². The number of aliphatic hydroxyl groups is 1. The van der Waals surface area contributed by atoms with Crippen LogP contribution in [0.25, 0.3) is 0 Å². The van der Waals surface area contributed by atoms with Crippen molar-refractivity contribution in [2.24, 2.45) is 0 Å². The molecule has 2 heterocycles. The number of phenolic OH excluding ortho intramolecular Hbond substituents is 1. The molecule has 1 saturated heterocycles. The minimum absolute atomic E-state index is 0.00127. The summed E-state index contributed by atoms with van der Waals surface area (Å²) >= 11 is 0. The standard InChI is InChI=1S/C19H22FNO4/c1-12(22)16-9-14(20)8-13(19(16)24)11-21-6-2-4-15(21)10-17(23)18-5-3-7-25-18/h3,5,7-9,15,17,23-24H,2,4,6,10-11H2,1H3. The Balaban J connectivity index is 1.74. The lowest BCUT2D eigenvalue weighted by Crippen LogP contribution is -2.30. The van der Waals surface area contributed by atoms with E-state index in [0.29, 0.717) is 24.3 Å². The molecular weight excluding hydrogens is 325 g/mol. The number of furan rings is 1. The van der Waals surface area contributed by atoms with Crippen LogP contribution in [0.5, 0.6) is 5.75 Å². The molecule has 25 heavy (non-hydrogen) atoms.